The molecule has 3 nitrogen and oxygen atoms in total. The molecule has 1 saturated carbocycles. The van der Waals surface area contributed by atoms with Crippen LogP contribution in [0.25, 0.3) is 0 Å². The van der Waals surface area contributed by atoms with Crippen molar-refractivity contribution in [1.29, 1.82) is 0 Å². The number of hydrogen-bond acceptors (Lipinski definition) is 2. The van der Waals surface area contributed by atoms with Gasteiger partial charge in [-0.05, 0) is 38.8 Å². The predicted molar refractivity (Wildman–Crippen MR) is 65.5 cm³/mol. The molecule has 0 aromatic carbocycles. The van der Waals surface area contributed by atoms with Crippen LogP contribution in [0.5, 0.6) is 0 Å². The van der Waals surface area contributed by atoms with Gasteiger partial charge < -0.3 is 10.0 Å². The number of carboxylic acid groups (broad SMARTS) is 1. The molecule has 0 radical (unpaired) electrons. The monoisotopic (exact) mass is 227 g/mol. The summed E-state index contributed by atoms with van der Waals surface area (Å²) in [5, 5.41) is 9.36. The Labute approximate surface area is 98.8 Å². The summed E-state index contributed by atoms with van der Waals surface area (Å²) >= 11 is 0. The molecule has 1 N–H and O–H groups in total. The summed E-state index contributed by atoms with van der Waals surface area (Å²) < 4.78 is 0. The Morgan fingerprint density at radius 1 is 1.38 bits per heavy atom. The molecule has 0 amide bonds. The Kier molecular flexibility index (Phi) is 4.78. The fourth-order valence-corrected chi connectivity index (χ4v) is 2.57. The van der Waals surface area contributed by atoms with Gasteiger partial charge in [0.15, 0.2) is 0 Å². The third kappa shape index (κ3) is 3.48. The number of rotatable bonds is 6. The van der Waals surface area contributed by atoms with Gasteiger partial charge in [-0.1, -0.05) is 26.7 Å². The molecule has 0 spiro atoms. The van der Waals surface area contributed by atoms with Crippen molar-refractivity contribution in [2.75, 3.05) is 20.1 Å². The van der Waals surface area contributed by atoms with Crippen LogP contribution in [0.3, 0.4) is 0 Å². The van der Waals surface area contributed by atoms with Crippen LogP contribution in [0.1, 0.15) is 46.0 Å². The number of nitrogens with zero attached hydrogens (tertiary/aromatic N) is 1. The fourth-order valence-electron chi connectivity index (χ4n) is 2.57. The highest BCUT2D eigenvalue weighted by molar-refractivity contribution is 5.75. The van der Waals surface area contributed by atoms with Crippen LogP contribution in [0, 0.1) is 11.3 Å². The molecule has 0 heterocycles. The molecule has 0 aromatic heterocycles. The van der Waals surface area contributed by atoms with Crippen LogP contribution >= 0.6 is 0 Å². The summed E-state index contributed by atoms with van der Waals surface area (Å²) in [6, 6.07) is 0. The van der Waals surface area contributed by atoms with E-state index in [1.807, 2.05) is 7.05 Å². The SMILES string of the molecule is CC(C)CCN(C)CC1(C(=O)O)CCCC1. The lowest BCUT2D eigenvalue weighted by Gasteiger charge is -2.30. The summed E-state index contributed by atoms with van der Waals surface area (Å²) in [6.07, 6.45) is 5.00. The lowest BCUT2D eigenvalue weighted by atomic mass is 9.85. The van der Waals surface area contributed by atoms with E-state index in [1.165, 1.54) is 0 Å². The Bertz CT molecular complexity index is 232. The second kappa shape index (κ2) is 5.67. The van der Waals surface area contributed by atoms with Crippen molar-refractivity contribution < 1.29 is 9.90 Å². The van der Waals surface area contributed by atoms with Gasteiger partial charge in [-0.3, -0.25) is 4.79 Å². The van der Waals surface area contributed by atoms with Gasteiger partial charge in [-0.15, -0.1) is 0 Å². The molecular weight excluding hydrogens is 202 g/mol. The first-order valence-electron chi connectivity index (χ1n) is 6.38. The lowest BCUT2D eigenvalue weighted by Crippen LogP contribution is -2.40. The molecule has 0 atom stereocenters. The van der Waals surface area contributed by atoms with Gasteiger partial charge in [-0.25, -0.2) is 0 Å². The zero-order valence-corrected chi connectivity index (χ0v) is 10.8. The van der Waals surface area contributed by atoms with Crippen molar-refractivity contribution in [2.24, 2.45) is 11.3 Å². The Balaban J connectivity index is 2.46. The van der Waals surface area contributed by atoms with Gasteiger partial charge in [0.25, 0.3) is 0 Å². The maximum atomic E-state index is 11.4. The molecule has 0 unspecified atom stereocenters. The summed E-state index contributed by atoms with van der Waals surface area (Å²) in [5.41, 5.74) is -0.453. The third-order valence-electron chi connectivity index (χ3n) is 3.68. The highest BCUT2D eigenvalue weighted by atomic mass is 16.4. The lowest BCUT2D eigenvalue weighted by molar-refractivity contribution is -0.149. The van der Waals surface area contributed by atoms with E-state index in [2.05, 4.69) is 18.7 Å². The van der Waals surface area contributed by atoms with Crippen LogP contribution < -0.4 is 0 Å². The molecule has 16 heavy (non-hydrogen) atoms. The molecule has 0 aromatic rings. The van der Waals surface area contributed by atoms with Crippen LogP contribution in [-0.2, 0) is 4.79 Å². The van der Waals surface area contributed by atoms with E-state index in [0.717, 1.165) is 45.2 Å². The quantitative estimate of drug-likeness (QED) is 0.758. The highest BCUT2D eigenvalue weighted by Gasteiger charge is 2.41. The van der Waals surface area contributed by atoms with Crippen LogP contribution in [0.15, 0.2) is 0 Å². The first-order valence-corrected chi connectivity index (χ1v) is 6.38. The van der Waals surface area contributed by atoms with Crippen molar-refractivity contribution in [3.63, 3.8) is 0 Å². The highest BCUT2D eigenvalue weighted by Crippen LogP contribution is 2.38. The van der Waals surface area contributed by atoms with Gasteiger partial charge in [0, 0.05) is 6.54 Å². The molecule has 1 aliphatic carbocycles. The van der Waals surface area contributed by atoms with E-state index in [0.29, 0.717) is 5.92 Å². The topological polar surface area (TPSA) is 40.5 Å². The van der Waals surface area contributed by atoms with Crippen molar-refractivity contribution in [1.82, 2.24) is 4.90 Å². The second-order valence-electron chi connectivity index (χ2n) is 5.71. The fraction of sp³-hybridized carbons (Fsp3) is 0.923. The number of hydrogen-bond donors (Lipinski definition) is 1. The number of aliphatic carboxylic acids is 1. The average Bonchev–Trinajstić information content (AvgIpc) is 2.64. The van der Waals surface area contributed by atoms with Crippen LogP contribution in [-0.4, -0.2) is 36.1 Å². The van der Waals surface area contributed by atoms with Gasteiger partial charge in [0.2, 0.25) is 0 Å². The van der Waals surface area contributed by atoms with Crippen molar-refractivity contribution >= 4 is 5.97 Å². The number of carbonyl (C=O) groups is 1. The summed E-state index contributed by atoms with van der Waals surface area (Å²) in [4.78, 5) is 13.6. The molecule has 1 rings (SSSR count). The molecule has 0 bridgehead atoms. The summed E-state index contributed by atoms with van der Waals surface area (Å²) in [7, 11) is 2.05. The summed E-state index contributed by atoms with van der Waals surface area (Å²) in [5.74, 6) is 0.0909. The van der Waals surface area contributed by atoms with Gasteiger partial charge >= 0.3 is 5.97 Å². The van der Waals surface area contributed by atoms with Crippen molar-refractivity contribution in [3.05, 3.63) is 0 Å². The maximum absolute atomic E-state index is 11.4. The van der Waals surface area contributed by atoms with E-state index in [4.69, 9.17) is 0 Å². The average molecular weight is 227 g/mol. The van der Waals surface area contributed by atoms with E-state index < -0.39 is 11.4 Å². The zero-order valence-electron chi connectivity index (χ0n) is 10.8. The van der Waals surface area contributed by atoms with Gasteiger partial charge in [-0.2, -0.15) is 0 Å². The van der Waals surface area contributed by atoms with E-state index in [1.54, 1.807) is 0 Å². The summed E-state index contributed by atoms with van der Waals surface area (Å²) in [6.45, 7) is 6.13. The maximum Gasteiger partial charge on any atom is 0.310 e. The van der Waals surface area contributed by atoms with Crippen molar-refractivity contribution in [3.8, 4) is 0 Å². The van der Waals surface area contributed by atoms with Crippen molar-refractivity contribution in [2.45, 2.75) is 46.0 Å². The molecule has 94 valence electrons. The zero-order chi connectivity index (χ0) is 12.2. The van der Waals surface area contributed by atoms with Gasteiger partial charge in [0.05, 0.1) is 5.41 Å². The minimum absolute atomic E-state index is 0.453. The predicted octanol–water partition coefficient (Wildman–Crippen LogP) is 2.61. The van der Waals surface area contributed by atoms with Crippen LogP contribution in [0.2, 0.25) is 0 Å². The number of carboxylic acids is 1. The normalized spacial score (nSPS) is 19.6. The second-order valence-corrected chi connectivity index (χ2v) is 5.71. The minimum atomic E-state index is -0.596. The van der Waals surface area contributed by atoms with E-state index >= 15 is 0 Å². The minimum Gasteiger partial charge on any atom is -0.481 e. The Morgan fingerprint density at radius 3 is 2.38 bits per heavy atom. The Hall–Kier alpha value is -0.570. The van der Waals surface area contributed by atoms with Crippen LogP contribution in [0.4, 0.5) is 0 Å². The molecule has 3 heteroatoms. The standard InChI is InChI=1S/C13H25NO2/c1-11(2)6-9-14(3)10-13(12(15)16)7-4-5-8-13/h11H,4-10H2,1-3H3,(H,15,16). The molecule has 1 aliphatic rings. The first-order chi connectivity index (χ1) is 7.46. The van der Waals surface area contributed by atoms with E-state index in [9.17, 15) is 9.90 Å². The van der Waals surface area contributed by atoms with Gasteiger partial charge in [0.1, 0.15) is 0 Å². The molecule has 1 fully saturated rings. The molecular formula is C13H25NO2. The smallest absolute Gasteiger partial charge is 0.310 e. The third-order valence-corrected chi connectivity index (χ3v) is 3.68. The largest absolute Gasteiger partial charge is 0.481 e. The van der Waals surface area contributed by atoms with E-state index in [-0.39, 0.29) is 0 Å². The first kappa shape index (κ1) is 13.5. The Morgan fingerprint density at radius 2 is 1.94 bits per heavy atom. The molecule has 0 aliphatic heterocycles. The molecule has 0 saturated heterocycles.